The lowest BCUT2D eigenvalue weighted by Crippen LogP contribution is -2.37. The fourth-order valence-corrected chi connectivity index (χ4v) is 3.45. The number of anilines is 1. The van der Waals surface area contributed by atoms with Crippen molar-refractivity contribution in [1.82, 2.24) is 5.32 Å². The molecule has 1 aromatic carbocycles. The Morgan fingerprint density at radius 3 is 2.65 bits per heavy atom. The maximum absolute atomic E-state index is 12.4. The molecule has 0 radical (unpaired) electrons. The zero-order valence-corrected chi connectivity index (χ0v) is 14.0. The Bertz CT molecular complexity index is 608. The number of carbonyl (C=O) groups is 2. The minimum absolute atomic E-state index is 0.128. The van der Waals surface area contributed by atoms with Gasteiger partial charge in [0.1, 0.15) is 11.6 Å². The summed E-state index contributed by atoms with van der Waals surface area (Å²) in [5.74, 6) is -0.0946. The van der Waals surface area contributed by atoms with Crippen molar-refractivity contribution in [2.24, 2.45) is 5.41 Å². The first kappa shape index (κ1) is 16.0. The zero-order chi connectivity index (χ0) is 16.7. The molecule has 2 aliphatic rings. The number of ether oxygens (including phenoxy) is 1. The van der Waals surface area contributed by atoms with Gasteiger partial charge in [0.15, 0.2) is 0 Å². The monoisotopic (exact) mass is 316 g/mol. The second-order valence-corrected chi connectivity index (χ2v) is 7.66. The molecule has 0 saturated carbocycles. The normalized spacial score (nSPS) is 27.7. The fourth-order valence-electron chi connectivity index (χ4n) is 3.45. The first-order chi connectivity index (χ1) is 10.8. The van der Waals surface area contributed by atoms with E-state index in [0.29, 0.717) is 25.9 Å². The van der Waals surface area contributed by atoms with E-state index in [1.165, 1.54) is 0 Å². The highest BCUT2D eigenvalue weighted by molar-refractivity contribution is 5.96. The van der Waals surface area contributed by atoms with Crippen molar-refractivity contribution in [3.63, 3.8) is 0 Å². The van der Waals surface area contributed by atoms with E-state index in [0.717, 1.165) is 5.69 Å². The molecule has 1 spiro atoms. The molecule has 0 aromatic heterocycles. The molecule has 2 fully saturated rings. The van der Waals surface area contributed by atoms with Gasteiger partial charge in [-0.3, -0.25) is 9.59 Å². The SMILES string of the molecule is CC(C)(C)OC(=O)C1CC2(CN1)CC(=O)N(c1ccccc1)C2. The molecular formula is C18H24N2O3. The van der Waals surface area contributed by atoms with E-state index in [1.54, 1.807) is 0 Å². The number of hydrogen-bond acceptors (Lipinski definition) is 4. The molecule has 0 aliphatic carbocycles. The number of esters is 1. The van der Waals surface area contributed by atoms with Crippen molar-refractivity contribution in [2.75, 3.05) is 18.0 Å². The van der Waals surface area contributed by atoms with Crippen LogP contribution in [0.2, 0.25) is 0 Å². The molecular weight excluding hydrogens is 292 g/mol. The predicted molar refractivity (Wildman–Crippen MR) is 88.1 cm³/mol. The van der Waals surface area contributed by atoms with E-state index in [4.69, 9.17) is 4.74 Å². The summed E-state index contributed by atoms with van der Waals surface area (Å²) in [6, 6.07) is 9.39. The van der Waals surface area contributed by atoms with Crippen LogP contribution in [-0.4, -0.2) is 36.6 Å². The molecule has 2 saturated heterocycles. The maximum atomic E-state index is 12.4. The molecule has 124 valence electrons. The summed E-state index contributed by atoms with van der Waals surface area (Å²) in [5.41, 5.74) is 0.264. The van der Waals surface area contributed by atoms with Gasteiger partial charge in [0.05, 0.1) is 0 Å². The van der Waals surface area contributed by atoms with E-state index >= 15 is 0 Å². The van der Waals surface area contributed by atoms with E-state index in [1.807, 2.05) is 56.0 Å². The number of nitrogens with one attached hydrogen (secondary N) is 1. The van der Waals surface area contributed by atoms with Crippen molar-refractivity contribution >= 4 is 17.6 Å². The molecule has 1 aromatic rings. The number of para-hydroxylation sites is 1. The zero-order valence-electron chi connectivity index (χ0n) is 14.0. The van der Waals surface area contributed by atoms with E-state index in [-0.39, 0.29) is 23.3 Å². The van der Waals surface area contributed by atoms with Gasteiger partial charge in [0.2, 0.25) is 5.91 Å². The molecule has 2 atom stereocenters. The average Bonchev–Trinajstić information content (AvgIpc) is 3.02. The molecule has 1 N–H and O–H groups in total. The third-order valence-corrected chi connectivity index (χ3v) is 4.44. The predicted octanol–water partition coefficient (Wildman–Crippen LogP) is 2.11. The minimum Gasteiger partial charge on any atom is -0.459 e. The molecule has 0 bridgehead atoms. The van der Waals surface area contributed by atoms with Gasteiger partial charge in [-0.1, -0.05) is 18.2 Å². The topological polar surface area (TPSA) is 58.6 Å². The molecule has 2 unspecified atom stereocenters. The molecule has 2 heterocycles. The van der Waals surface area contributed by atoms with Crippen molar-refractivity contribution < 1.29 is 14.3 Å². The van der Waals surface area contributed by atoms with E-state index in [9.17, 15) is 9.59 Å². The van der Waals surface area contributed by atoms with E-state index < -0.39 is 5.60 Å². The molecule has 3 rings (SSSR count). The van der Waals surface area contributed by atoms with Crippen molar-refractivity contribution in [3.05, 3.63) is 30.3 Å². The second kappa shape index (κ2) is 5.64. The molecule has 2 aliphatic heterocycles. The number of carbonyl (C=O) groups excluding carboxylic acids is 2. The molecule has 23 heavy (non-hydrogen) atoms. The number of hydrogen-bond donors (Lipinski definition) is 1. The van der Waals surface area contributed by atoms with Gasteiger partial charge in [-0.05, 0) is 39.3 Å². The smallest absolute Gasteiger partial charge is 0.323 e. The van der Waals surface area contributed by atoms with Crippen LogP contribution in [-0.2, 0) is 14.3 Å². The van der Waals surface area contributed by atoms with Gasteiger partial charge >= 0.3 is 5.97 Å². The first-order valence-electron chi connectivity index (χ1n) is 8.10. The summed E-state index contributed by atoms with van der Waals surface area (Å²) in [5, 5.41) is 3.25. The van der Waals surface area contributed by atoms with Crippen LogP contribution in [0.15, 0.2) is 30.3 Å². The van der Waals surface area contributed by atoms with Crippen LogP contribution in [0.1, 0.15) is 33.6 Å². The van der Waals surface area contributed by atoms with Crippen LogP contribution in [0.5, 0.6) is 0 Å². The Hall–Kier alpha value is -1.88. The number of nitrogens with zero attached hydrogens (tertiary/aromatic N) is 1. The average molecular weight is 316 g/mol. The van der Waals surface area contributed by atoms with Crippen LogP contribution in [0.4, 0.5) is 5.69 Å². The third-order valence-electron chi connectivity index (χ3n) is 4.44. The van der Waals surface area contributed by atoms with Crippen molar-refractivity contribution in [1.29, 1.82) is 0 Å². The van der Waals surface area contributed by atoms with Gasteiger partial charge in [0.25, 0.3) is 0 Å². The summed E-state index contributed by atoms with van der Waals surface area (Å²) < 4.78 is 5.46. The molecule has 1 amide bonds. The van der Waals surface area contributed by atoms with Gasteiger partial charge in [-0.2, -0.15) is 0 Å². The summed E-state index contributed by atoms with van der Waals surface area (Å²) in [7, 11) is 0. The number of benzene rings is 1. The van der Waals surface area contributed by atoms with Gasteiger partial charge in [-0.15, -0.1) is 0 Å². The Balaban J connectivity index is 1.69. The Morgan fingerprint density at radius 2 is 2.00 bits per heavy atom. The second-order valence-electron chi connectivity index (χ2n) is 7.66. The number of rotatable bonds is 2. The lowest BCUT2D eigenvalue weighted by Gasteiger charge is -2.24. The van der Waals surface area contributed by atoms with Crippen molar-refractivity contribution in [3.8, 4) is 0 Å². The summed E-state index contributed by atoms with van der Waals surface area (Å²) in [6.45, 7) is 6.93. The largest absolute Gasteiger partial charge is 0.459 e. The third kappa shape index (κ3) is 3.39. The van der Waals surface area contributed by atoms with Crippen LogP contribution in [0.25, 0.3) is 0 Å². The van der Waals surface area contributed by atoms with E-state index in [2.05, 4.69) is 5.32 Å². The molecule has 5 heteroatoms. The summed E-state index contributed by atoms with van der Waals surface area (Å²) in [4.78, 5) is 26.5. The highest BCUT2D eigenvalue weighted by atomic mass is 16.6. The molecule has 5 nitrogen and oxygen atoms in total. The maximum Gasteiger partial charge on any atom is 0.323 e. The van der Waals surface area contributed by atoms with Crippen LogP contribution in [0, 0.1) is 5.41 Å². The summed E-state index contributed by atoms with van der Waals surface area (Å²) >= 11 is 0. The highest BCUT2D eigenvalue weighted by Crippen LogP contribution is 2.41. The first-order valence-corrected chi connectivity index (χ1v) is 8.10. The standard InChI is InChI=1S/C18H24N2O3/c1-17(2,3)23-16(22)14-9-18(11-19-14)10-15(21)20(12-18)13-7-5-4-6-8-13/h4-8,14,19H,9-12H2,1-3H3. The lowest BCUT2D eigenvalue weighted by atomic mass is 9.84. The summed E-state index contributed by atoms with van der Waals surface area (Å²) in [6.07, 6.45) is 1.13. The van der Waals surface area contributed by atoms with Crippen LogP contribution >= 0.6 is 0 Å². The fraction of sp³-hybridized carbons (Fsp3) is 0.556. The van der Waals surface area contributed by atoms with Crippen LogP contribution in [0.3, 0.4) is 0 Å². The van der Waals surface area contributed by atoms with Gasteiger partial charge in [-0.25, -0.2) is 0 Å². The van der Waals surface area contributed by atoms with Crippen LogP contribution < -0.4 is 10.2 Å². The van der Waals surface area contributed by atoms with Crippen molar-refractivity contribution in [2.45, 2.75) is 45.3 Å². The Morgan fingerprint density at radius 1 is 1.30 bits per heavy atom. The number of amides is 1. The Kier molecular flexibility index (Phi) is 3.92. The van der Waals surface area contributed by atoms with Gasteiger partial charge < -0.3 is 15.0 Å². The lowest BCUT2D eigenvalue weighted by molar-refractivity contribution is -0.157. The highest BCUT2D eigenvalue weighted by Gasteiger charge is 2.50. The Labute approximate surface area is 137 Å². The minimum atomic E-state index is -0.490. The van der Waals surface area contributed by atoms with Gasteiger partial charge in [0, 0.05) is 30.6 Å². The quantitative estimate of drug-likeness (QED) is 0.849.